The van der Waals surface area contributed by atoms with Crippen molar-refractivity contribution in [3.05, 3.63) is 89.7 Å². The van der Waals surface area contributed by atoms with Gasteiger partial charge in [0, 0.05) is 29.3 Å². The summed E-state index contributed by atoms with van der Waals surface area (Å²) in [6.07, 6.45) is 5.37. The van der Waals surface area contributed by atoms with Gasteiger partial charge in [0.05, 0.1) is 6.26 Å². The Morgan fingerprint density at radius 2 is 1.59 bits per heavy atom. The van der Waals surface area contributed by atoms with E-state index in [4.69, 9.17) is 0 Å². The minimum absolute atomic E-state index is 0.311. The molecule has 1 aromatic heterocycles. The standard InChI is InChI=1S/C20H19N3O3S/c1-27(25,26)23-19-4-2-3-17(14-19)20(24)22-18-7-5-15(6-8-18)13-16-9-11-21-12-10-16/h2-12,14,23H,13H2,1H3,(H,22,24). The molecule has 0 aliphatic carbocycles. The van der Waals surface area contributed by atoms with Gasteiger partial charge in [-0.3, -0.25) is 14.5 Å². The molecular formula is C20H19N3O3S. The summed E-state index contributed by atoms with van der Waals surface area (Å²) in [6.45, 7) is 0. The van der Waals surface area contributed by atoms with Crippen LogP contribution in [0.3, 0.4) is 0 Å². The van der Waals surface area contributed by atoms with Crippen molar-refractivity contribution in [1.29, 1.82) is 0 Å². The van der Waals surface area contributed by atoms with Crippen LogP contribution in [0, 0.1) is 0 Å². The summed E-state index contributed by atoms with van der Waals surface area (Å²) in [5, 5.41) is 2.81. The van der Waals surface area contributed by atoms with E-state index in [1.54, 1.807) is 30.6 Å². The lowest BCUT2D eigenvalue weighted by Crippen LogP contribution is -2.13. The summed E-state index contributed by atoms with van der Waals surface area (Å²) in [6, 6.07) is 17.9. The highest BCUT2D eigenvalue weighted by Crippen LogP contribution is 2.16. The van der Waals surface area contributed by atoms with Crippen molar-refractivity contribution in [2.24, 2.45) is 0 Å². The molecule has 2 N–H and O–H groups in total. The molecule has 0 aliphatic rings. The molecule has 0 saturated heterocycles. The number of rotatable bonds is 6. The Kier molecular flexibility index (Phi) is 5.52. The van der Waals surface area contributed by atoms with Crippen molar-refractivity contribution in [3.8, 4) is 0 Å². The van der Waals surface area contributed by atoms with Gasteiger partial charge in [0.25, 0.3) is 5.91 Å². The second kappa shape index (κ2) is 8.01. The van der Waals surface area contributed by atoms with Gasteiger partial charge in [0.2, 0.25) is 10.0 Å². The van der Waals surface area contributed by atoms with Crippen molar-refractivity contribution in [1.82, 2.24) is 4.98 Å². The van der Waals surface area contributed by atoms with Gasteiger partial charge in [-0.2, -0.15) is 0 Å². The first-order chi connectivity index (χ1) is 12.9. The van der Waals surface area contributed by atoms with E-state index in [2.05, 4.69) is 15.0 Å². The average molecular weight is 381 g/mol. The van der Waals surface area contributed by atoms with Gasteiger partial charge in [-0.1, -0.05) is 18.2 Å². The molecule has 0 fully saturated rings. The van der Waals surface area contributed by atoms with E-state index in [1.165, 1.54) is 6.07 Å². The Bertz CT molecular complexity index is 1030. The lowest BCUT2D eigenvalue weighted by Gasteiger charge is -2.09. The quantitative estimate of drug-likeness (QED) is 0.686. The van der Waals surface area contributed by atoms with Gasteiger partial charge < -0.3 is 5.32 Å². The normalized spacial score (nSPS) is 11.0. The number of amides is 1. The Morgan fingerprint density at radius 1 is 0.926 bits per heavy atom. The molecule has 0 bridgehead atoms. The summed E-state index contributed by atoms with van der Waals surface area (Å²) < 4.78 is 25.0. The van der Waals surface area contributed by atoms with Gasteiger partial charge in [-0.05, 0) is 60.0 Å². The summed E-state index contributed by atoms with van der Waals surface area (Å²) in [7, 11) is -3.39. The third kappa shape index (κ3) is 5.65. The molecule has 0 unspecified atom stereocenters. The molecular weight excluding hydrogens is 362 g/mol. The van der Waals surface area contributed by atoms with Crippen molar-refractivity contribution in [3.63, 3.8) is 0 Å². The van der Waals surface area contributed by atoms with E-state index in [-0.39, 0.29) is 5.91 Å². The molecule has 0 saturated carbocycles. The van der Waals surface area contributed by atoms with Crippen molar-refractivity contribution in [2.45, 2.75) is 6.42 Å². The zero-order valence-corrected chi connectivity index (χ0v) is 15.5. The van der Waals surface area contributed by atoms with Crippen LogP contribution in [0.25, 0.3) is 0 Å². The largest absolute Gasteiger partial charge is 0.322 e. The number of carbonyl (C=O) groups is 1. The number of benzene rings is 2. The van der Waals surface area contributed by atoms with Gasteiger partial charge >= 0.3 is 0 Å². The van der Waals surface area contributed by atoms with Crippen molar-refractivity contribution in [2.75, 3.05) is 16.3 Å². The minimum Gasteiger partial charge on any atom is -0.322 e. The number of carbonyl (C=O) groups excluding carboxylic acids is 1. The fraction of sp³-hybridized carbons (Fsp3) is 0.100. The molecule has 0 aliphatic heterocycles. The van der Waals surface area contributed by atoms with Crippen LogP contribution in [0.4, 0.5) is 11.4 Å². The zero-order valence-electron chi connectivity index (χ0n) is 14.7. The summed E-state index contributed by atoms with van der Waals surface area (Å²) in [4.78, 5) is 16.4. The lowest BCUT2D eigenvalue weighted by molar-refractivity contribution is 0.102. The first-order valence-electron chi connectivity index (χ1n) is 8.26. The number of nitrogens with one attached hydrogen (secondary N) is 2. The predicted molar refractivity (Wildman–Crippen MR) is 106 cm³/mol. The first-order valence-corrected chi connectivity index (χ1v) is 10.2. The van der Waals surface area contributed by atoms with Gasteiger partial charge in [-0.25, -0.2) is 8.42 Å². The summed E-state index contributed by atoms with van der Waals surface area (Å²) in [5.74, 6) is -0.311. The Hall–Kier alpha value is -3.19. The Labute approximate surface area is 158 Å². The fourth-order valence-electron chi connectivity index (χ4n) is 2.58. The molecule has 1 amide bonds. The molecule has 1 heterocycles. The van der Waals surface area contributed by atoms with E-state index in [1.807, 2.05) is 36.4 Å². The van der Waals surface area contributed by atoms with Crippen LogP contribution in [0.2, 0.25) is 0 Å². The molecule has 7 heteroatoms. The van der Waals surface area contributed by atoms with E-state index in [0.717, 1.165) is 23.8 Å². The van der Waals surface area contributed by atoms with Crippen LogP contribution in [0.1, 0.15) is 21.5 Å². The first kappa shape index (κ1) is 18.6. The third-order valence-electron chi connectivity index (χ3n) is 3.80. The smallest absolute Gasteiger partial charge is 0.255 e. The molecule has 3 aromatic rings. The number of aromatic nitrogens is 1. The maximum Gasteiger partial charge on any atom is 0.255 e. The summed E-state index contributed by atoms with van der Waals surface area (Å²) in [5.41, 5.74) is 3.66. The molecule has 0 spiro atoms. The molecule has 0 atom stereocenters. The van der Waals surface area contributed by atoms with Crippen molar-refractivity contribution < 1.29 is 13.2 Å². The minimum atomic E-state index is -3.39. The van der Waals surface area contributed by atoms with Crippen molar-refractivity contribution >= 4 is 27.3 Å². The Morgan fingerprint density at radius 3 is 2.26 bits per heavy atom. The highest BCUT2D eigenvalue weighted by atomic mass is 32.2. The predicted octanol–water partition coefficient (Wildman–Crippen LogP) is 3.30. The molecule has 0 radical (unpaired) electrons. The van der Waals surface area contributed by atoms with E-state index in [9.17, 15) is 13.2 Å². The zero-order chi connectivity index (χ0) is 19.3. The number of sulfonamides is 1. The average Bonchev–Trinajstić information content (AvgIpc) is 2.63. The lowest BCUT2D eigenvalue weighted by atomic mass is 10.1. The maximum absolute atomic E-state index is 12.4. The monoisotopic (exact) mass is 381 g/mol. The molecule has 2 aromatic carbocycles. The highest BCUT2D eigenvalue weighted by molar-refractivity contribution is 7.92. The number of hydrogen-bond acceptors (Lipinski definition) is 4. The van der Waals surface area contributed by atoms with Gasteiger partial charge in [0.15, 0.2) is 0 Å². The van der Waals surface area contributed by atoms with Crippen LogP contribution in [-0.4, -0.2) is 25.6 Å². The molecule has 138 valence electrons. The maximum atomic E-state index is 12.4. The van der Waals surface area contributed by atoms with Crippen LogP contribution < -0.4 is 10.0 Å². The van der Waals surface area contributed by atoms with Gasteiger partial charge in [0.1, 0.15) is 0 Å². The van der Waals surface area contributed by atoms with E-state index in [0.29, 0.717) is 16.9 Å². The second-order valence-corrected chi connectivity index (χ2v) is 7.89. The second-order valence-electron chi connectivity index (χ2n) is 6.14. The SMILES string of the molecule is CS(=O)(=O)Nc1cccc(C(=O)Nc2ccc(Cc3ccncc3)cc2)c1. The van der Waals surface area contributed by atoms with Crippen LogP contribution in [0.15, 0.2) is 73.1 Å². The molecule has 3 rings (SSSR count). The van der Waals surface area contributed by atoms with Crippen LogP contribution in [0.5, 0.6) is 0 Å². The highest BCUT2D eigenvalue weighted by Gasteiger charge is 2.09. The van der Waals surface area contributed by atoms with Crippen LogP contribution in [-0.2, 0) is 16.4 Å². The topological polar surface area (TPSA) is 88.2 Å². The Balaban J connectivity index is 1.66. The summed E-state index contributed by atoms with van der Waals surface area (Å²) >= 11 is 0. The number of anilines is 2. The van der Waals surface area contributed by atoms with E-state index >= 15 is 0 Å². The molecule has 6 nitrogen and oxygen atoms in total. The fourth-order valence-corrected chi connectivity index (χ4v) is 3.14. The number of hydrogen-bond donors (Lipinski definition) is 2. The van der Waals surface area contributed by atoms with Crippen LogP contribution >= 0.6 is 0 Å². The molecule has 27 heavy (non-hydrogen) atoms. The number of nitrogens with zero attached hydrogens (tertiary/aromatic N) is 1. The van der Waals surface area contributed by atoms with Gasteiger partial charge in [-0.15, -0.1) is 0 Å². The number of pyridine rings is 1. The third-order valence-corrected chi connectivity index (χ3v) is 4.40. The van der Waals surface area contributed by atoms with E-state index < -0.39 is 10.0 Å².